The van der Waals surface area contributed by atoms with Gasteiger partial charge in [0.2, 0.25) is 0 Å². The largest absolute Gasteiger partial charge is 0.496 e. The quantitative estimate of drug-likeness (QED) is 0.687. The van der Waals surface area contributed by atoms with Gasteiger partial charge in [0.15, 0.2) is 0 Å². The van der Waals surface area contributed by atoms with Crippen molar-refractivity contribution in [3.05, 3.63) is 59.7 Å². The van der Waals surface area contributed by atoms with Gasteiger partial charge in [-0.1, -0.05) is 36.8 Å². The number of methoxy groups -OCH3 is 1. The van der Waals surface area contributed by atoms with Crippen LogP contribution in [0, 0.1) is 6.92 Å². The average Bonchev–Trinajstić information content (AvgIpc) is 2.53. The summed E-state index contributed by atoms with van der Waals surface area (Å²) in [7, 11) is 1.72. The van der Waals surface area contributed by atoms with Crippen LogP contribution < -0.4 is 4.74 Å². The fourth-order valence-electron chi connectivity index (χ4n) is 2.62. The summed E-state index contributed by atoms with van der Waals surface area (Å²) in [5.41, 5.74) is 5.63. The SMILES string of the molecule is CCc1cc2nc(-c3cccc(C)c3)ccc2cc1OC. The Balaban J connectivity index is 2.15. The first-order valence-corrected chi connectivity index (χ1v) is 7.26. The average molecular weight is 277 g/mol. The molecule has 1 heterocycles. The summed E-state index contributed by atoms with van der Waals surface area (Å²) in [6.07, 6.45) is 0.940. The standard InChI is InChI=1S/C19H19NO/c1-4-14-11-18-16(12-19(14)21-3)8-9-17(20-18)15-7-5-6-13(2)10-15/h5-12H,4H2,1-3H3. The van der Waals surface area contributed by atoms with E-state index in [1.807, 2.05) is 0 Å². The molecule has 0 N–H and O–H groups in total. The number of aryl methyl sites for hydroxylation is 2. The van der Waals surface area contributed by atoms with E-state index in [9.17, 15) is 0 Å². The maximum Gasteiger partial charge on any atom is 0.122 e. The molecule has 0 spiro atoms. The van der Waals surface area contributed by atoms with Crippen molar-refractivity contribution in [3.63, 3.8) is 0 Å². The lowest BCUT2D eigenvalue weighted by atomic mass is 10.0. The molecule has 106 valence electrons. The summed E-state index contributed by atoms with van der Waals surface area (Å²) in [6, 6.07) is 16.8. The molecule has 0 radical (unpaired) electrons. The molecule has 0 atom stereocenters. The van der Waals surface area contributed by atoms with E-state index in [1.165, 1.54) is 11.1 Å². The van der Waals surface area contributed by atoms with Crippen LogP contribution in [-0.2, 0) is 6.42 Å². The van der Waals surface area contributed by atoms with E-state index >= 15 is 0 Å². The minimum Gasteiger partial charge on any atom is -0.496 e. The molecule has 21 heavy (non-hydrogen) atoms. The molecule has 2 nitrogen and oxygen atoms in total. The molecular formula is C19H19NO. The van der Waals surface area contributed by atoms with E-state index in [0.29, 0.717) is 0 Å². The molecule has 0 saturated carbocycles. The zero-order valence-corrected chi connectivity index (χ0v) is 12.7. The van der Waals surface area contributed by atoms with Crippen LogP contribution in [0.15, 0.2) is 48.5 Å². The van der Waals surface area contributed by atoms with Crippen molar-refractivity contribution in [2.45, 2.75) is 20.3 Å². The summed E-state index contributed by atoms with van der Waals surface area (Å²) < 4.78 is 5.45. The van der Waals surface area contributed by atoms with E-state index in [2.05, 4.69) is 62.4 Å². The van der Waals surface area contributed by atoms with Crippen molar-refractivity contribution in [3.8, 4) is 17.0 Å². The Morgan fingerprint density at radius 1 is 1.05 bits per heavy atom. The number of pyridine rings is 1. The number of hydrogen-bond donors (Lipinski definition) is 0. The summed E-state index contributed by atoms with van der Waals surface area (Å²) in [4.78, 5) is 4.82. The van der Waals surface area contributed by atoms with Gasteiger partial charge in [-0.25, -0.2) is 4.98 Å². The van der Waals surface area contributed by atoms with E-state index in [4.69, 9.17) is 9.72 Å². The molecule has 0 aliphatic rings. The van der Waals surface area contributed by atoms with Gasteiger partial charge in [-0.05, 0) is 43.2 Å². The number of aromatic nitrogens is 1. The van der Waals surface area contributed by atoms with Crippen LogP contribution in [0.2, 0.25) is 0 Å². The topological polar surface area (TPSA) is 22.1 Å². The van der Waals surface area contributed by atoms with Crippen LogP contribution >= 0.6 is 0 Å². The minimum absolute atomic E-state index is 0.940. The molecule has 0 saturated heterocycles. The molecule has 2 aromatic carbocycles. The Morgan fingerprint density at radius 2 is 1.90 bits per heavy atom. The van der Waals surface area contributed by atoms with Crippen molar-refractivity contribution in [1.29, 1.82) is 0 Å². The second-order valence-electron chi connectivity index (χ2n) is 5.28. The van der Waals surface area contributed by atoms with E-state index < -0.39 is 0 Å². The van der Waals surface area contributed by atoms with Gasteiger partial charge in [0, 0.05) is 10.9 Å². The second-order valence-corrected chi connectivity index (χ2v) is 5.28. The predicted molar refractivity (Wildman–Crippen MR) is 87.8 cm³/mol. The number of hydrogen-bond acceptors (Lipinski definition) is 2. The third-order valence-electron chi connectivity index (χ3n) is 3.79. The van der Waals surface area contributed by atoms with E-state index in [1.54, 1.807) is 7.11 Å². The minimum atomic E-state index is 0.940. The summed E-state index contributed by atoms with van der Waals surface area (Å²) in [5.74, 6) is 0.940. The molecule has 1 aromatic heterocycles. The van der Waals surface area contributed by atoms with Crippen molar-refractivity contribution in [2.24, 2.45) is 0 Å². The summed E-state index contributed by atoms with van der Waals surface area (Å²) in [5, 5.41) is 1.11. The maximum atomic E-state index is 5.45. The highest BCUT2D eigenvalue weighted by molar-refractivity contribution is 5.84. The van der Waals surface area contributed by atoms with Gasteiger partial charge in [0.05, 0.1) is 18.3 Å². The van der Waals surface area contributed by atoms with Gasteiger partial charge in [-0.3, -0.25) is 0 Å². The fourth-order valence-corrected chi connectivity index (χ4v) is 2.62. The Labute approximate surface area is 125 Å². The molecule has 0 aliphatic heterocycles. The maximum absolute atomic E-state index is 5.45. The van der Waals surface area contributed by atoms with Gasteiger partial charge in [-0.15, -0.1) is 0 Å². The Hall–Kier alpha value is -2.35. The Kier molecular flexibility index (Phi) is 3.61. The molecule has 0 aliphatic carbocycles. The van der Waals surface area contributed by atoms with E-state index in [-0.39, 0.29) is 0 Å². The monoisotopic (exact) mass is 277 g/mol. The molecule has 0 fully saturated rings. The predicted octanol–water partition coefficient (Wildman–Crippen LogP) is 4.78. The van der Waals surface area contributed by atoms with Gasteiger partial charge >= 0.3 is 0 Å². The molecule has 0 bridgehead atoms. The molecular weight excluding hydrogens is 258 g/mol. The van der Waals surface area contributed by atoms with Crippen LogP contribution in [-0.4, -0.2) is 12.1 Å². The summed E-state index contributed by atoms with van der Waals surface area (Å²) >= 11 is 0. The van der Waals surface area contributed by atoms with Gasteiger partial charge in [-0.2, -0.15) is 0 Å². The molecule has 0 unspecified atom stereocenters. The lowest BCUT2D eigenvalue weighted by Gasteiger charge is -2.10. The van der Waals surface area contributed by atoms with Gasteiger partial charge in [0.1, 0.15) is 5.75 Å². The lowest BCUT2D eigenvalue weighted by molar-refractivity contribution is 0.411. The van der Waals surface area contributed by atoms with Crippen LogP contribution in [0.5, 0.6) is 5.75 Å². The third-order valence-corrected chi connectivity index (χ3v) is 3.79. The molecule has 3 aromatic rings. The van der Waals surface area contributed by atoms with Crippen LogP contribution in [0.3, 0.4) is 0 Å². The number of ether oxygens (including phenoxy) is 1. The molecule has 2 heteroatoms. The lowest BCUT2D eigenvalue weighted by Crippen LogP contribution is -1.93. The van der Waals surface area contributed by atoms with Crippen molar-refractivity contribution in [2.75, 3.05) is 7.11 Å². The smallest absolute Gasteiger partial charge is 0.122 e. The first-order chi connectivity index (χ1) is 10.2. The Bertz CT molecular complexity index is 793. The first-order valence-electron chi connectivity index (χ1n) is 7.26. The number of nitrogens with zero attached hydrogens (tertiary/aromatic N) is 1. The van der Waals surface area contributed by atoms with Crippen molar-refractivity contribution < 1.29 is 4.74 Å². The number of rotatable bonds is 3. The van der Waals surface area contributed by atoms with Crippen LogP contribution in [0.1, 0.15) is 18.1 Å². The normalized spacial score (nSPS) is 10.8. The molecule has 3 rings (SSSR count). The first kappa shape index (κ1) is 13.6. The number of fused-ring (bicyclic) bond motifs is 1. The highest BCUT2D eigenvalue weighted by atomic mass is 16.5. The van der Waals surface area contributed by atoms with Crippen molar-refractivity contribution >= 4 is 10.9 Å². The fraction of sp³-hybridized carbons (Fsp3) is 0.211. The number of benzene rings is 2. The highest BCUT2D eigenvalue weighted by Crippen LogP contribution is 2.28. The summed E-state index contributed by atoms with van der Waals surface area (Å²) in [6.45, 7) is 4.23. The molecule has 0 amide bonds. The van der Waals surface area contributed by atoms with Crippen LogP contribution in [0.4, 0.5) is 0 Å². The van der Waals surface area contributed by atoms with Gasteiger partial charge in [0.25, 0.3) is 0 Å². The second kappa shape index (κ2) is 5.57. The third kappa shape index (κ3) is 2.62. The zero-order valence-electron chi connectivity index (χ0n) is 12.7. The highest BCUT2D eigenvalue weighted by Gasteiger charge is 2.07. The zero-order chi connectivity index (χ0) is 14.8. The Morgan fingerprint density at radius 3 is 2.62 bits per heavy atom. The van der Waals surface area contributed by atoms with Crippen LogP contribution in [0.25, 0.3) is 22.2 Å². The van der Waals surface area contributed by atoms with Gasteiger partial charge < -0.3 is 4.74 Å². The van der Waals surface area contributed by atoms with E-state index in [0.717, 1.165) is 34.3 Å². The van der Waals surface area contributed by atoms with Crippen molar-refractivity contribution in [1.82, 2.24) is 4.98 Å².